The molecule has 2 saturated carbocycles. The Bertz CT molecular complexity index is 1100. The molecule has 0 amide bonds. The summed E-state index contributed by atoms with van der Waals surface area (Å²) in [6.45, 7) is 0.721. The molecule has 3 aromatic rings. The summed E-state index contributed by atoms with van der Waals surface area (Å²) in [7, 11) is 1.77. The van der Waals surface area contributed by atoms with Gasteiger partial charge in [-0.25, -0.2) is 4.68 Å². The van der Waals surface area contributed by atoms with Crippen molar-refractivity contribution in [1.82, 2.24) is 23.6 Å². The average Bonchev–Trinajstić information content (AvgIpc) is 3.24. The smallest absolute Gasteiger partial charge is 0.262 e. The van der Waals surface area contributed by atoms with Crippen LogP contribution >= 0.6 is 12.2 Å². The van der Waals surface area contributed by atoms with Crippen LogP contribution in [0.2, 0.25) is 0 Å². The number of aromatic nitrogens is 4. The van der Waals surface area contributed by atoms with Crippen molar-refractivity contribution >= 4 is 28.9 Å². The van der Waals surface area contributed by atoms with Crippen LogP contribution in [0.3, 0.4) is 0 Å². The largest absolute Gasteiger partial charge is 0.279 e. The topological polar surface area (TPSA) is 47.5 Å². The molecule has 5 rings (SSSR count). The SMILES string of the molecule is Cn1c(=O)c2ccccc2n2c(=S)n(CN(C3CCCC3)C3CC3)nc12. The number of rotatable bonds is 4. The fourth-order valence-corrected chi connectivity index (χ4v) is 4.64. The van der Waals surface area contributed by atoms with Crippen LogP contribution in [0.15, 0.2) is 29.1 Å². The third-order valence-electron chi connectivity index (χ3n) is 5.91. The van der Waals surface area contributed by atoms with Crippen LogP contribution in [0.1, 0.15) is 38.5 Å². The molecule has 0 saturated heterocycles. The molecule has 2 aromatic heterocycles. The monoisotopic (exact) mass is 369 g/mol. The van der Waals surface area contributed by atoms with Crippen LogP contribution in [-0.2, 0) is 13.7 Å². The lowest BCUT2D eigenvalue weighted by atomic mass is 10.2. The third-order valence-corrected chi connectivity index (χ3v) is 6.30. The van der Waals surface area contributed by atoms with E-state index in [1.54, 1.807) is 11.6 Å². The van der Waals surface area contributed by atoms with Gasteiger partial charge >= 0.3 is 0 Å². The van der Waals surface area contributed by atoms with Crippen molar-refractivity contribution in [3.8, 4) is 0 Å². The van der Waals surface area contributed by atoms with Gasteiger partial charge in [0.2, 0.25) is 10.5 Å². The van der Waals surface area contributed by atoms with Gasteiger partial charge in [0.1, 0.15) is 0 Å². The van der Waals surface area contributed by atoms with Crippen molar-refractivity contribution in [2.24, 2.45) is 7.05 Å². The minimum atomic E-state index is -0.0323. The van der Waals surface area contributed by atoms with Gasteiger partial charge < -0.3 is 0 Å². The normalized spacial score (nSPS) is 18.5. The molecule has 0 spiro atoms. The van der Waals surface area contributed by atoms with E-state index in [-0.39, 0.29) is 5.56 Å². The Morgan fingerprint density at radius 2 is 1.85 bits per heavy atom. The molecule has 1 aromatic carbocycles. The van der Waals surface area contributed by atoms with Gasteiger partial charge in [-0.3, -0.25) is 18.7 Å². The van der Waals surface area contributed by atoms with Gasteiger partial charge in [0.15, 0.2) is 0 Å². The third kappa shape index (κ3) is 2.45. The first-order valence-electron chi connectivity index (χ1n) is 9.48. The van der Waals surface area contributed by atoms with Crippen LogP contribution < -0.4 is 5.56 Å². The van der Waals surface area contributed by atoms with E-state index in [1.807, 2.05) is 33.3 Å². The van der Waals surface area contributed by atoms with E-state index < -0.39 is 0 Å². The summed E-state index contributed by atoms with van der Waals surface area (Å²) < 4.78 is 6.11. The van der Waals surface area contributed by atoms with Crippen LogP contribution in [0.4, 0.5) is 0 Å². The van der Waals surface area contributed by atoms with Gasteiger partial charge in [-0.2, -0.15) is 0 Å². The number of benzene rings is 1. The second kappa shape index (κ2) is 6.03. The Morgan fingerprint density at radius 3 is 2.58 bits per heavy atom. The van der Waals surface area contributed by atoms with Gasteiger partial charge in [0.25, 0.3) is 5.56 Å². The summed E-state index contributed by atoms with van der Waals surface area (Å²) >= 11 is 5.78. The van der Waals surface area contributed by atoms with Crippen LogP contribution in [0, 0.1) is 4.77 Å². The highest BCUT2D eigenvalue weighted by atomic mass is 32.1. The Labute approximate surface area is 156 Å². The van der Waals surface area contributed by atoms with Crippen LogP contribution in [0.5, 0.6) is 0 Å². The van der Waals surface area contributed by atoms with Crippen molar-refractivity contribution in [1.29, 1.82) is 0 Å². The molecule has 0 aliphatic heterocycles. The number of aryl methyl sites for hydroxylation is 1. The summed E-state index contributed by atoms with van der Waals surface area (Å²) in [6, 6.07) is 8.94. The van der Waals surface area contributed by atoms with Crippen molar-refractivity contribution < 1.29 is 0 Å². The molecule has 0 radical (unpaired) electrons. The Hall–Kier alpha value is -1.99. The van der Waals surface area contributed by atoms with E-state index in [9.17, 15) is 4.79 Å². The van der Waals surface area contributed by atoms with Crippen molar-refractivity contribution in [3.05, 3.63) is 39.4 Å². The Morgan fingerprint density at radius 1 is 1.15 bits per heavy atom. The summed E-state index contributed by atoms with van der Waals surface area (Å²) in [4.78, 5) is 15.3. The van der Waals surface area contributed by atoms with Crippen LogP contribution in [0.25, 0.3) is 16.7 Å². The van der Waals surface area contributed by atoms with E-state index in [1.165, 1.54) is 38.5 Å². The molecule has 2 aliphatic rings. The van der Waals surface area contributed by atoms with Crippen molar-refractivity contribution in [2.45, 2.75) is 57.3 Å². The zero-order valence-electron chi connectivity index (χ0n) is 15.0. The highest BCUT2D eigenvalue weighted by Gasteiger charge is 2.35. The molecular weight excluding hydrogens is 346 g/mol. The molecule has 0 N–H and O–H groups in total. The van der Waals surface area contributed by atoms with Gasteiger partial charge in [-0.15, -0.1) is 5.10 Å². The summed E-state index contributed by atoms with van der Waals surface area (Å²) in [6.07, 6.45) is 7.75. The van der Waals surface area contributed by atoms with E-state index in [2.05, 4.69) is 4.90 Å². The van der Waals surface area contributed by atoms with E-state index >= 15 is 0 Å². The Balaban J connectivity index is 1.66. The zero-order valence-corrected chi connectivity index (χ0v) is 15.8. The first-order chi connectivity index (χ1) is 12.6. The van der Waals surface area contributed by atoms with Crippen molar-refractivity contribution in [3.63, 3.8) is 0 Å². The second-order valence-corrected chi connectivity index (χ2v) is 7.99. The fourth-order valence-electron chi connectivity index (χ4n) is 4.36. The standard InChI is InChI=1S/C19H23N5OS/c1-21-17(25)15-8-4-5-9-16(15)24-18(21)20-23(19(24)26)12-22(14-10-11-14)13-6-2-3-7-13/h4-5,8-9,13-14H,2-3,6-7,10-12H2,1H3. The molecule has 7 heteroatoms. The maximum atomic E-state index is 12.7. The van der Waals surface area contributed by atoms with Crippen LogP contribution in [-0.4, -0.2) is 35.7 Å². The molecule has 0 unspecified atom stereocenters. The number of para-hydroxylation sites is 1. The lowest BCUT2D eigenvalue weighted by molar-refractivity contribution is 0.134. The van der Waals surface area contributed by atoms with Crippen molar-refractivity contribution in [2.75, 3.05) is 0 Å². The first-order valence-corrected chi connectivity index (χ1v) is 9.89. The van der Waals surface area contributed by atoms with E-state index in [0.29, 0.717) is 28.0 Å². The van der Waals surface area contributed by atoms with E-state index in [0.717, 1.165) is 12.2 Å². The lowest BCUT2D eigenvalue weighted by Gasteiger charge is -2.28. The predicted molar refractivity (Wildman–Crippen MR) is 104 cm³/mol. The molecule has 2 aliphatic carbocycles. The number of hydrogen-bond acceptors (Lipinski definition) is 4. The summed E-state index contributed by atoms with van der Waals surface area (Å²) in [5.41, 5.74) is 0.802. The predicted octanol–water partition coefficient (Wildman–Crippen LogP) is 3.08. The van der Waals surface area contributed by atoms with Gasteiger partial charge in [0.05, 0.1) is 17.6 Å². The Kier molecular flexibility index (Phi) is 3.76. The number of nitrogens with zero attached hydrogens (tertiary/aromatic N) is 5. The summed E-state index contributed by atoms with van der Waals surface area (Å²) in [5, 5.41) is 5.41. The molecule has 2 fully saturated rings. The summed E-state index contributed by atoms with van der Waals surface area (Å²) in [5.74, 6) is 0.612. The molecule has 0 bridgehead atoms. The maximum absolute atomic E-state index is 12.7. The van der Waals surface area contributed by atoms with E-state index in [4.69, 9.17) is 17.3 Å². The molecular formula is C19H23N5OS. The number of hydrogen-bond donors (Lipinski definition) is 0. The minimum Gasteiger partial charge on any atom is -0.279 e. The lowest BCUT2D eigenvalue weighted by Crippen LogP contribution is -2.37. The molecule has 0 atom stereocenters. The quantitative estimate of drug-likeness (QED) is 0.663. The van der Waals surface area contributed by atoms with Gasteiger partial charge in [-0.1, -0.05) is 25.0 Å². The molecule has 26 heavy (non-hydrogen) atoms. The average molecular weight is 369 g/mol. The second-order valence-electron chi connectivity index (χ2n) is 7.62. The van der Waals surface area contributed by atoms with Gasteiger partial charge in [-0.05, 0) is 50.0 Å². The highest BCUT2D eigenvalue weighted by molar-refractivity contribution is 7.71. The minimum absolute atomic E-state index is 0.0323. The fraction of sp³-hybridized carbons (Fsp3) is 0.526. The number of fused-ring (bicyclic) bond motifs is 3. The molecule has 2 heterocycles. The van der Waals surface area contributed by atoms with Gasteiger partial charge in [0, 0.05) is 19.1 Å². The first kappa shape index (κ1) is 16.2. The molecule has 136 valence electrons. The molecule has 6 nitrogen and oxygen atoms in total. The maximum Gasteiger partial charge on any atom is 0.262 e. The highest BCUT2D eigenvalue weighted by Crippen LogP contribution is 2.34. The zero-order chi connectivity index (χ0) is 17.8.